The Labute approximate surface area is 107 Å². The molecule has 1 aromatic rings. The lowest BCUT2D eigenvalue weighted by Gasteiger charge is -2.37. The molecule has 1 heterocycles. The van der Waals surface area contributed by atoms with Gasteiger partial charge < -0.3 is 14.8 Å². The molecule has 1 aliphatic rings. The molecule has 1 amide bonds. The van der Waals surface area contributed by atoms with Gasteiger partial charge in [0.25, 0.3) is 0 Å². The van der Waals surface area contributed by atoms with Crippen LogP contribution < -0.4 is 10.1 Å². The van der Waals surface area contributed by atoms with Gasteiger partial charge in [0.2, 0.25) is 0 Å². The number of ether oxygens (including phenoxy) is 2. The van der Waals surface area contributed by atoms with Gasteiger partial charge in [0.05, 0.1) is 5.69 Å². The van der Waals surface area contributed by atoms with Crippen molar-refractivity contribution < 1.29 is 27.4 Å². The fourth-order valence-corrected chi connectivity index (χ4v) is 1.80. The van der Waals surface area contributed by atoms with Crippen molar-refractivity contribution in [2.24, 2.45) is 0 Å². The number of halogens is 3. The maximum Gasteiger partial charge on any atom is 0.466 e. The minimum Gasteiger partial charge on any atom is -0.444 e. The molecule has 0 aliphatic carbocycles. The lowest BCUT2D eigenvalue weighted by molar-refractivity contribution is -0.331. The molecule has 1 aromatic carbocycles. The molecule has 0 saturated heterocycles. The molecule has 0 saturated carbocycles. The van der Waals surface area contributed by atoms with Gasteiger partial charge in [0.15, 0.2) is 0 Å². The van der Waals surface area contributed by atoms with Gasteiger partial charge in [-0.25, -0.2) is 0 Å². The second kappa shape index (κ2) is 4.41. The predicted molar refractivity (Wildman–Crippen MR) is 60.8 cm³/mol. The Hall–Kier alpha value is -1.76. The molecular formula is C12H12F3NO3. The zero-order valence-electron chi connectivity index (χ0n) is 10.3. The van der Waals surface area contributed by atoms with Gasteiger partial charge >= 0.3 is 17.9 Å². The van der Waals surface area contributed by atoms with Gasteiger partial charge in [-0.05, 0) is 31.5 Å². The zero-order chi connectivity index (χ0) is 14.3. The molecule has 0 bridgehead atoms. The van der Waals surface area contributed by atoms with E-state index in [2.05, 4.69) is 10.1 Å². The molecule has 1 aliphatic heterocycles. The fraction of sp³-hybridized carbons (Fsp3) is 0.417. The van der Waals surface area contributed by atoms with Gasteiger partial charge in [0, 0.05) is 6.61 Å². The minimum absolute atomic E-state index is 0.0732. The third-order valence-electron chi connectivity index (χ3n) is 2.66. The lowest BCUT2D eigenvalue weighted by atomic mass is 10.1. The molecule has 1 N–H and O–H groups in total. The van der Waals surface area contributed by atoms with Crippen molar-refractivity contribution in [2.45, 2.75) is 25.8 Å². The van der Waals surface area contributed by atoms with Crippen LogP contribution in [0.15, 0.2) is 18.2 Å². The smallest absolute Gasteiger partial charge is 0.444 e. The van der Waals surface area contributed by atoms with Crippen molar-refractivity contribution in [3.8, 4) is 5.75 Å². The molecule has 19 heavy (non-hydrogen) atoms. The summed E-state index contributed by atoms with van der Waals surface area (Å²) in [5.41, 5.74) is 0.989. The first-order valence-electron chi connectivity index (χ1n) is 5.62. The first-order valence-corrected chi connectivity index (χ1v) is 5.62. The van der Waals surface area contributed by atoms with Crippen LogP contribution in [-0.4, -0.2) is 24.5 Å². The molecule has 0 unspecified atom stereocenters. The first kappa shape index (κ1) is 13.7. The highest BCUT2D eigenvalue weighted by Crippen LogP contribution is 2.42. The van der Waals surface area contributed by atoms with Crippen LogP contribution >= 0.6 is 0 Å². The average Bonchev–Trinajstić information content (AvgIpc) is 2.29. The number of benzene rings is 1. The molecule has 0 spiro atoms. The number of rotatable bonds is 2. The predicted octanol–water partition coefficient (Wildman–Crippen LogP) is 2.62. The Morgan fingerprint density at radius 3 is 2.68 bits per heavy atom. The monoisotopic (exact) mass is 275 g/mol. The molecule has 104 valence electrons. The number of anilines is 1. The van der Waals surface area contributed by atoms with E-state index in [1.165, 1.54) is 19.1 Å². The van der Waals surface area contributed by atoms with Crippen LogP contribution in [0.1, 0.15) is 12.5 Å². The first-order chi connectivity index (χ1) is 8.80. The second-order valence-corrected chi connectivity index (χ2v) is 4.10. The third kappa shape index (κ3) is 2.14. The van der Waals surface area contributed by atoms with Gasteiger partial charge in [-0.3, -0.25) is 4.79 Å². The molecule has 0 radical (unpaired) electrons. The topological polar surface area (TPSA) is 47.6 Å². The van der Waals surface area contributed by atoms with E-state index < -0.39 is 17.9 Å². The maximum atomic E-state index is 13.1. The number of hydrogen-bond acceptors (Lipinski definition) is 3. The molecule has 0 aromatic heterocycles. The van der Waals surface area contributed by atoms with E-state index in [0.29, 0.717) is 0 Å². The molecule has 1 atom stereocenters. The highest BCUT2D eigenvalue weighted by Gasteiger charge is 2.66. The molecule has 4 nitrogen and oxygen atoms in total. The van der Waals surface area contributed by atoms with Crippen molar-refractivity contribution >= 4 is 11.6 Å². The Balaban J connectivity index is 2.49. The van der Waals surface area contributed by atoms with E-state index in [-0.39, 0.29) is 18.0 Å². The van der Waals surface area contributed by atoms with Gasteiger partial charge in [-0.15, -0.1) is 0 Å². The van der Waals surface area contributed by atoms with E-state index >= 15 is 0 Å². The lowest BCUT2D eigenvalue weighted by Crippen LogP contribution is -2.62. The Bertz CT molecular complexity index is 515. The van der Waals surface area contributed by atoms with Gasteiger partial charge in [-0.1, -0.05) is 6.07 Å². The van der Waals surface area contributed by atoms with Crippen molar-refractivity contribution in [3.63, 3.8) is 0 Å². The van der Waals surface area contributed by atoms with E-state index in [1.807, 2.05) is 0 Å². The summed E-state index contributed by atoms with van der Waals surface area (Å²) in [6, 6.07) is 4.48. The van der Waals surface area contributed by atoms with Crippen LogP contribution in [0.4, 0.5) is 18.9 Å². The molecular weight excluding hydrogens is 263 g/mol. The van der Waals surface area contributed by atoms with E-state index in [4.69, 9.17) is 4.74 Å². The summed E-state index contributed by atoms with van der Waals surface area (Å²) in [6.45, 7) is 2.80. The van der Waals surface area contributed by atoms with Gasteiger partial charge in [-0.2, -0.15) is 13.2 Å². The Morgan fingerprint density at radius 2 is 2.11 bits per heavy atom. The summed E-state index contributed by atoms with van der Waals surface area (Å²) in [7, 11) is 0. The van der Waals surface area contributed by atoms with Crippen LogP contribution in [0.3, 0.4) is 0 Å². The van der Waals surface area contributed by atoms with Crippen LogP contribution in [0.2, 0.25) is 0 Å². The summed E-state index contributed by atoms with van der Waals surface area (Å²) in [6.07, 6.45) is -4.98. The van der Waals surface area contributed by atoms with Gasteiger partial charge in [0.1, 0.15) is 5.75 Å². The van der Waals surface area contributed by atoms with E-state index in [0.717, 1.165) is 5.56 Å². The molecule has 7 heteroatoms. The number of nitrogens with one attached hydrogen (secondary N) is 1. The molecule has 2 rings (SSSR count). The van der Waals surface area contributed by atoms with Crippen LogP contribution in [0.25, 0.3) is 0 Å². The Kier molecular flexibility index (Phi) is 3.17. The molecule has 0 fully saturated rings. The number of alkyl halides is 3. The normalized spacial score (nSPS) is 22.5. The zero-order valence-corrected chi connectivity index (χ0v) is 10.3. The van der Waals surface area contributed by atoms with Crippen molar-refractivity contribution in [2.75, 3.05) is 11.9 Å². The van der Waals surface area contributed by atoms with Crippen LogP contribution in [0.5, 0.6) is 5.75 Å². The highest BCUT2D eigenvalue weighted by atomic mass is 19.4. The number of aryl methyl sites for hydroxylation is 1. The summed E-state index contributed by atoms with van der Waals surface area (Å²) < 4.78 is 48.7. The number of fused-ring (bicyclic) bond motifs is 1. The highest BCUT2D eigenvalue weighted by molar-refractivity contribution is 6.00. The number of amides is 1. The van der Waals surface area contributed by atoms with Crippen LogP contribution in [0, 0.1) is 6.92 Å². The van der Waals surface area contributed by atoms with E-state index in [1.54, 1.807) is 13.0 Å². The second-order valence-electron chi connectivity index (χ2n) is 4.10. The third-order valence-corrected chi connectivity index (χ3v) is 2.66. The van der Waals surface area contributed by atoms with Crippen LogP contribution in [-0.2, 0) is 9.53 Å². The average molecular weight is 275 g/mol. The van der Waals surface area contributed by atoms with E-state index in [9.17, 15) is 18.0 Å². The van der Waals surface area contributed by atoms with Crippen molar-refractivity contribution in [1.82, 2.24) is 0 Å². The summed E-state index contributed by atoms with van der Waals surface area (Å²) >= 11 is 0. The van der Waals surface area contributed by atoms with Crippen molar-refractivity contribution in [3.05, 3.63) is 23.8 Å². The summed E-state index contributed by atoms with van der Waals surface area (Å²) in [5.74, 6) is -4.74. The largest absolute Gasteiger partial charge is 0.466 e. The standard InChI is InChI=1S/C12H12F3NO3/c1-3-18-11(12(13,14)15)10(17)16-8-6-7(2)4-5-9(8)19-11/h4-6H,3H2,1-2H3,(H,16,17)/t11-/m1/s1. The quantitative estimate of drug-likeness (QED) is 0.902. The summed E-state index contributed by atoms with van der Waals surface area (Å²) in [4.78, 5) is 11.7. The minimum atomic E-state index is -4.98. The SMILES string of the molecule is CCO[C@@]1(C(F)(F)F)Oc2ccc(C)cc2NC1=O. The summed E-state index contributed by atoms with van der Waals surface area (Å²) in [5, 5.41) is 2.17. The number of carbonyl (C=O) groups excluding carboxylic acids is 1. The fourth-order valence-electron chi connectivity index (χ4n) is 1.80. The number of hydrogen-bond donors (Lipinski definition) is 1. The number of carbonyl (C=O) groups is 1. The Morgan fingerprint density at radius 1 is 1.42 bits per heavy atom. The maximum absolute atomic E-state index is 13.1. The van der Waals surface area contributed by atoms with Crippen molar-refractivity contribution in [1.29, 1.82) is 0 Å².